The van der Waals surface area contributed by atoms with Crippen molar-refractivity contribution in [3.8, 4) is 0 Å². The maximum Gasteiger partial charge on any atom is 0.263 e. The molecule has 1 unspecified atom stereocenters. The van der Waals surface area contributed by atoms with Crippen molar-refractivity contribution in [1.29, 1.82) is 0 Å². The zero-order valence-electron chi connectivity index (χ0n) is 8.41. The van der Waals surface area contributed by atoms with Gasteiger partial charge in [0.15, 0.2) is 0 Å². The molecule has 1 heterocycles. The Hall–Kier alpha value is -0.940. The largest absolute Gasteiger partial charge is 0.351 e. The third-order valence-corrected chi connectivity index (χ3v) is 2.59. The van der Waals surface area contributed by atoms with Crippen LogP contribution >= 0.6 is 11.3 Å². The van der Waals surface area contributed by atoms with Crippen molar-refractivity contribution in [3.05, 3.63) is 16.6 Å². The fourth-order valence-corrected chi connectivity index (χ4v) is 1.64. The van der Waals surface area contributed by atoms with Crippen LogP contribution in [0.1, 0.15) is 16.6 Å². The van der Waals surface area contributed by atoms with E-state index in [1.54, 1.807) is 11.7 Å². The second kappa shape index (κ2) is 5.72. The zero-order chi connectivity index (χ0) is 10.4. The molecule has 1 aromatic rings. The van der Waals surface area contributed by atoms with E-state index in [1.165, 1.54) is 11.3 Å². The minimum absolute atomic E-state index is 0.0320. The van der Waals surface area contributed by atoms with Gasteiger partial charge in [-0.1, -0.05) is 6.92 Å². The summed E-state index contributed by atoms with van der Waals surface area (Å²) in [5.74, 6) is 0.410. The van der Waals surface area contributed by atoms with Crippen LogP contribution in [0, 0.1) is 5.92 Å². The van der Waals surface area contributed by atoms with Crippen molar-refractivity contribution in [2.24, 2.45) is 5.92 Å². The van der Waals surface area contributed by atoms with Gasteiger partial charge < -0.3 is 10.6 Å². The molecule has 0 aromatic carbocycles. The van der Waals surface area contributed by atoms with Crippen molar-refractivity contribution in [1.82, 2.24) is 15.6 Å². The number of thiazole rings is 1. The Morgan fingerprint density at radius 1 is 1.64 bits per heavy atom. The summed E-state index contributed by atoms with van der Waals surface area (Å²) in [4.78, 5) is 16.0. The third kappa shape index (κ3) is 3.43. The molecular formula is C9H15N3OS. The fraction of sp³-hybridized carbons (Fsp3) is 0.556. The highest BCUT2D eigenvalue weighted by Gasteiger charge is 2.08. The summed E-state index contributed by atoms with van der Waals surface area (Å²) in [6, 6.07) is 0. The molecule has 1 atom stereocenters. The number of nitrogens with zero attached hydrogens (tertiary/aromatic N) is 1. The Bertz CT molecular complexity index is 274. The molecule has 0 bridgehead atoms. The molecule has 78 valence electrons. The van der Waals surface area contributed by atoms with Gasteiger partial charge in [0.1, 0.15) is 4.88 Å². The second-order valence-corrected chi connectivity index (χ2v) is 4.12. The van der Waals surface area contributed by atoms with Gasteiger partial charge in [-0.2, -0.15) is 0 Å². The summed E-state index contributed by atoms with van der Waals surface area (Å²) in [7, 11) is 1.90. The molecule has 0 aliphatic heterocycles. The van der Waals surface area contributed by atoms with Gasteiger partial charge in [0.05, 0.1) is 11.7 Å². The number of nitrogens with one attached hydrogen (secondary N) is 2. The van der Waals surface area contributed by atoms with Crippen LogP contribution in [-0.2, 0) is 0 Å². The van der Waals surface area contributed by atoms with E-state index in [2.05, 4.69) is 22.5 Å². The molecule has 0 aliphatic rings. The fourth-order valence-electron chi connectivity index (χ4n) is 1.10. The lowest BCUT2D eigenvalue weighted by Crippen LogP contribution is -2.31. The van der Waals surface area contributed by atoms with Crippen molar-refractivity contribution < 1.29 is 4.79 Å². The van der Waals surface area contributed by atoms with E-state index in [0.29, 0.717) is 17.3 Å². The summed E-state index contributed by atoms with van der Waals surface area (Å²) >= 11 is 1.36. The van der Waals surface area contributed by atoms with E-state index in [9.17, 15) is 4.79 Å². The van der Waals surface area contributed by atoms with Crippen LogP contribution in [0.5, 0.6) is 0 Å². The standard InChI is InChI=1S/C9H15N3OS/c1-7(3-10-2)4-12-9(13)8-5-11-6-14-8/h5-7,10H,3-4H2,1-2H3,(H,12,13). The predicted octanol–water partition coefficient (Wildman–Crippen LogP) is 0.728. The van der Waals surface area contributed by atoms with Gasteiger partial charge in [0, 0.05) is 6.54 Å². The molecule has 1 rings (SSSR count). The first-order valence-corrected chi connectivity index (χ1v) is 5.43. The monoisotopic (exact) mass is 213 g/mol. The lowest BCUT2D eigenvalue weighted by atomic mass is 10.2. The quantitative estimate of drug-likeness (QED) is 0.758. The van der Waals surface area contributed by atoms with E-state index in [0.717, 1.165) is 6.54 Å². The SMILES string of the molecule is CNCC(C)CNC(=O)c1cncs1. The molecule has 4 nitrogen and oxygen atoms in total. The molecule has 0 saturated carbocycles. The van der Waals surface area contributed by atoms with Crippen molar-refractivity contribution in [2.75, 3.05) is 20.1 Å². The lowest BCUT2D eigenvalue weighted by molar-refractivity contribution is 0.0952. The van der Waals surface area contributed by atoms with Crippen LogP contribution in [0.25, 0.3) is 0 Å². The summed E-state index contributed by atoms with van der Waals surface area (Å²) in [6.45, 7) is 3.68. The molecule has 0 spiro atoms. The molecule has 0 radical (unpaired) electrons. The first-order chi connectivity index (χ1) is 6.74. The Labute approximate surface area is 87.7 Å². The molecule has 0 aliphatic carbocycles. The lowest BCUT2D eigenvalue weighted by Gasteiger charge is -2.10. The van der Waals surface area contributed by atoms with Crippen LogP contribution in [-0.4, -0.2) is 31.0 Å². The van der Waals surface area contributed by atoms with Gasteiger partial charge in [-0.15, -0.1) is 11.3 Å². The first kappa shape index (κ1) is 11.1. The molecular weight excluding hydrogens is 198 g/mol. The number of carbonyl (C=O) groups is 1. The highest BCUT2D eigenvalue weighted by molar-refractivity contribution is 7.11. The van der Waals surface area contributed by atoms with Crippen LogP contribution in [0.3, 0.4) is 0 Å². The van der Waals surface area contributed by atoms with E-state index >= 15 is 0 Å². The maximum atomic E-state index is 11.5. The van der Waals surface area contributed by atoms with Gasteiger partial charge in [-0.3, -0.25) is 9.78 Å². The number of hydrogen-bond donors (Lipinski definition) is 2. The Morgan fingerprint density at radius 2 is 2.43 bits per heavy atom. The summed E-state index contributed by atoms with van der Waals surface area (Å²) in [5, 5.41) is 5.93. The molecule has 0 fully saturated rings. The second-order valence-electron chi connectivity index (χ2n) is 3.24. The van der Waals surface area contributed by atoms with Crippen LogP contribution in [0.2, 0.25) is 0 Å². The molecule has 2 N–H and O–H groups in total. The first-order valence-electron chi connectivity index (χ1n) is 4.55. The van der Waals surface area contributed by atoms with Crippen LogP contribution in [0.15, 0.2) is 11.7 Å². The van der Waals surface area contributed by atoms with Crippen molar-refractivity contribution in [3.63, 3.8) is 0 Å². The number of amides is 1. The summed E-state index contributed by atoms with van der Waals surface area (Å²) in [6.07, 6.45) is 1.59. The molecule has 1 amide bonds. The van der Waals surface area contributed by atoms with Gasteiger partial charge in [0.25, 0.3) is 5.91 Å². The third-order valence-electron chi connectivity index (χ3n) is 1.82. The zero-order valence-corrected chi connectivity index (χ0v) is 9.23. The Balaban J connectivity index is 2.28. The Kier molecular flexibility index (Phi) is 4.55. The average molecular weight is 213 g/mol. The topological polar surface area (TPSA) is 54.0 Å². The van der Waals surface area contributed by atoms with Crippen molar-refractivity contribution >= 4 is 17.2 Å². The highest BCUT2D eigenvalue weighted by Crippen LogP contribution is 2.04. The van der Waals surface area contributed by atoms with E-state index in [4.69, 9.17) is 0 Å². The van der Waals surface area contributed by atoms with Crippen LogP contribution < -0.4 is 10.6 Å². The van der Waals surface area contributed by atoms with Gasteiger partial charge >= 0.3 is 0 Å². The predicted molar refractivity (Wildman–Crippen MR) is 57.5 cm³/mol. The molecule has 5 heteroatoms. The normalized spacial score (nSPS) is 12.4. The maximum absolute atomic E-state index is 11.5. The van der Waals surface area contributed by atoms with Crippen LogP contribution in [0.4, 0.5) is 0 Å². The molecule has 14 heavy (non-hydrogen) atoms. The van der Waals surface area contributed by atoms with Gasteiger partial charge in [-0.25, -0.2) is 0 Å². The minimum Gasteiger partial charge on any atom is -0.351 e. The van der Waals surface area contributed by atoms with Crippen molar-refractivity contribution in [2.45, 2.75) is 6.92 Å². The number of aromatic nitrogens is 1. The van der Waals surface area contributed by atoms with Gasteiger partial charge in [0.2, 0.25) is 0 Å². The molecule has 1 aromatic heterocycles. The number of carbonyl (C=O) groups excluding carboxylic acids is 1. The average Bonchev–Trinajstić information content (AvgIpc) is 2.67. The number of hydrogen-bond acceptors (Lipinski definition) is 4. The minimum atomic E-state index is -0.0320. The van der Waals surface area contributed by atoms with E-state index in [1.807, 2.05) is 7.05 Å². The Morgan fingerprint density at radius 3 is 3.00 bits per heavy atom. The molecule has 0 saturated heterocycles. The van der Waals surface area contributed by atoms with E-state index < -0.39 is 0 Å². The highest BCUT2D eigenvalue weighted by atomic mass is 32.1. The number of rotatable bonds is 5. The summed E-state index contributed by atoms with van der Waals surface area (Å²) < 4.78 is 0. The summed E-state index contributed by atoms with van der Waals surface area (Å²) in [5.41, 5.74) is 1.66. The van der Waals surface area contributed by atoms with Gasteiger partial charge in [-0.05, 0) is 19.5 Å². The van der Waals surface area contributed by atoms with E-state index in [-0.39, 0.29) is 5.91 Å². The smallest absolute Gasteiger partial charge is 0.263 e.